The Morgan fingerprint density at radius 3 is 2.70 bits per heavy atom. The Labute approximate surface area is 127 Å². The maximum Gasteiger partial charge on any atom is 0.0380 e. The Morgan fingerprint density at radius 1 is 1.15 bits per heavy atom. The van der Waals surface area contributed by atoms with E-state index < -0.39 is 0 Å². The molecule has 2 heteroatoms. The number of nitrogens with one attached hydrogen (secondary N) is 1. The fourth-order valence-corrected chi connectivity index (χ4v) is 5.04. The van der Waals surface area contributed by atoms with Gasteiger partial charge in [0.15, 0.2) is 0 Å². The lowest BCUT2D eigenvalue weighted by Crippen LogP contribution is -2.45. The standard InChI is InChI=1S/C18H27NS/c1-18(2)12-13-8-4-5-9-14(13)17(18)19-15-10-6-7-11-16(15)20-3/h4-5,8-9,15-17,19H,6-7,10-12H2,1-3H3. The maximum absolute atomic E-state index is 4.04. The third kappa shape index (κ3) is 2.65. The van der Waals surface area contributed by atoms with Crippen molar-refractivity contribution in [2.45, 2.75) is 63.3 Å². The monoisotopic (exact) mass is 289 g/mol. The van der Waals surface area contributed by atoms with Gasteiger partial charge in [0.2, 0.25) is 0 Å². The van der Waals surface area contributed by atoms with Crippen LogP contribution in [0.4, 0.5) is 0 Å². The third-order valence-corrected chi connectivity index (χ3v) is 6.35. The molecule has 1 aromatic carbocycles. The molecule has 0 aromatic heterocycles. The van der Waals surface area contributed by atoms with Crippen LogP contribution < -0.4 is 5.32 Å². The van der Waals surface area contributed by atoms with E-state index in [2.05, 4.69) is 61.4 Å². The molecule has 1 saturated carbocycles. The van der Waals surface area contributed by atoms with Gasteiger partial charge >= 0.3 is 0 Å². The number of fused-ring (bicyclic) bond motifs is 1. The topological polar surface area (TPSA) is 12.0 Å². The van der Waals surface area contributed by atoms with E-state index >= 15 is 0 Å². The summed E-state index contributed by atoms with van der Waals surface area (Å²) >= 11 is 2.06. The molecule has 0 saturated heterocycles. The zero-order valence-electron chi connectivity index (χ0n) is 13.0. The molecule has 0 amide bonds. The molecule has 0 radical (unpaired) electrons. The summed E-state index contributed by atoms with van der Waals surface area (Å²) < 4.78 is 0. The van der Waals surface area contributed by atoms with Crippen molar-refractivity contribution in [3.63, 3.8) is 0 Å². The summed E-state index contributed by atoms with van der Waals surface area (Å²) in [5.41, 5.74) is 3.43. The molecule has 0 bridgehead atoms. The van der Waals surface area contributed by atoms with Gasteiger partial charge in [-0.05, 0) is 42.1 Å². The molecule has 1 N–H and O–H groups in total. The van der Waals surface area contributed by atoms with Gasteiger partial charge in [0.25, 0.3) is 0 Å². The molecule has 110 valence electrons. The third-order valence-electron chi connectivity index (χ3n) is 5.18. The van der Waals surface area contributed by atoms with Gasteiger partial charge < -0.3 is 5.32 Å². The van der Waals surface area contributed by atoms with Gasteiger partial charge in [-0.15, -0.1) is 0 Å². The van der Waals surface area contributed by atoms with Crippen LogP contribution in [0, 0.1) is 5.41 Å². The van der Waals surface area contributed by atoms with Crippen molar-refractivity contribution in [3.05, 3.63) is 35.4 Å². The molecule has 3 atom stereocenters. The molecular formula is C18H27NS. The summed E-state index contributed by atoms with van der Waals surface area (Å²) in [5.74, 6) is 0. The van der Waals surface area contributed by atoms with E-state index in [0.29, 0.717) is 17.5 Å². The van der Waals surface area contributed by atoms with E-state index in [1.807, 2.05) is 0 Å². The lowest BCUT2D eigenvalue weighted by molar-refractivity contribution is 0.229. The average molecular weight is 289 g/mol. The van der Waals surface area contributed by atoms with E-state index in [4.69, 9.17) is 0 Å². The zero-order valence-corrected chi connectivity index (χ0v) is 13.8. The van der Waals surface area contributed by atoms with Crippen LogP contribution in [0.2, 0.25) is 0 Å². The van der Waals surface area contributed by atoms with E-state index in [9.17, 15) is 0 Å². The Morgan fingerprint density at radius 2 is 1.90 bits per heavy atom. The van der Waals surface area contributed by atoms with E-state index in [1.54, 1.807) is 11.1 Å². The summed E-state index contributed by atoms with van der Waals surface area (Å²) in [7, 11) is 0. The van der Waals surface area contributed by atoms with Crippen LogP contribution in [0.25, 0.3) is 0 Å². The quantitative estimate of drug-likeness (QED) is 0.874. The number of hydrogen-bond donors (Lipinski definition) is 1. The SMILES string of the molecule is CSC1CCCCC1NC1c2ccccc2CC1(C)C. The van der Waals surface area contributed by atoms with Gasteiger partial charge in [0.05, 0.1) is 0 Å². The number of hydrogen-bond acceptors (Lipinski definition) is 2. The molecule has 3 unspecified atom stereocenters. The summed E-state index contributed by atoms with van der Waals surface area (Å²) in [6.07, 6.45) is 9.02. The summed E-state index contributed by atoms with van der Waals surface area (Å²) in [4.78, 5) is 0. The zero-order chi connectivity index (χ0) is 14.2. The molecule has 20 heavy (non-hydrogen) atoms. The van der Waals surface area contributed by atoms with Gasteiger partial charge in [-0.3, -0.25) is 0 Å². The average Bonchev–Trinajstić information content (AvgIpc) is 2.70. The molecule has 0 heterocycles. The number of benzene rings is 1. The van der Waals surface area contributed by atoms with E-state index in [1.165, 1.54) is 32.1 Å². The van der Waals surface area contributed by atoms with Gasteiger partial charge in [0.1, 0.15) is 0 Å². The van der Waals surface area contributed by atoms with Crippen LogP contribution in [0.3, 0.4) is 0 Å². The molecule has 1 aromatic rings. The molecule has 2 aliphatic carbocycles. The van der Waals surface area contributed by atoms with Crippen molar-refractivity contribution >= 4 is 11.8 Å². The first kappa shape index (κ1) is 14.5. The van der Waals surface area contributed by atoms with Gasteiger partial charge in [-0.1, -0.05) is 51.0 Å². The van der Waals surface area contributed by atoms with Gasteiger partial charge in [-0.2, -0.15) is 11.8 Å². The van der Waals surface area contributed by atoms with Crippen LogP contribution in [-0.2, 0) is 6.42 Å². The number of rotatable bonds is 3. The molecule has 2 aliphatic rings. The normalized spacial score (nSPS) is 32.0. The largest absolute Gasteiger partial charge is 0.306 e. The highest BCUT2D eigenvalue weighted by molar-refractivity contribution is 7.99. The first-order valence-corrected chi connectivity index (χ1v) is 9.27. The van der Waals surface area contributed by atoms with Crippen molar-refractivity contribution in [3.8, 4) is 0 Å². The minimum Gasteiger partial charge on any atom is -0.306 e. The minimum atomic E-state index is 0.337. The lowest BCUT2D eigenvalue weighted by atomic mass is 9.83. The number of thioether (sulfide) groups is 1. The van der Waals surface area contributed by atoms with Crippen LogP contribution in [0.1, 0.15) is 56.7 Å². The van der Waals surface area contributed by atoms with Crippen molar-refractivity contribution in [2.24, 2.45) is 5.41 Å². The Bertz CT molecular complexity index is 468. The molecule has 0 aliphatic heterocycles. The highest BCUT2D eigenvalue weighted by Crippen LogP contribution is 2.46. The van der Waals surface area contributed by atoms with Crippen LogP contribution in [-0.4, -0.2) is 17.5 Å². The second kappa shape index (κ2) is 5.73. The highest BCUT2D eigenvalue weighted by Gasteiger charge is 2.40. The molecule has 1 nitrogen and oxygen atoms in total. The molecule has 0 spiro atoms. The Kier molecular flexibility index (Phi) is 4.14. The lowest BCUT2D eigenvalue weighted by Gasteiger charge is -2.38. The van der Waals surface area contributed by atoms with Crippen LogP contribution >= 0.6 is 11.8 Å². The van der Waals surface area contributed by atoms with Crippen LogP contribution in [0.5, 0.6) is 0 Å². The molecule has 1 fully saturated rings. The first-order chi connectivity index (χ1) is 9.62. The smallest absolute Gasteiger partial charge is 0.0380 e. The van der Waals surface area contributed by atoms with Crippen molar-refractivity contribution in [1.29, 1.82) is 0 Å². The van der Waals surface area contributed by atoms with Crippen molar-refractivity contribution in [1.82, 2.24) is 5.32 Å². The van der Waals surface area contributed by atoms with Crippen LogP contribution in [0.15, 0.2) is 24.3 Å². The van der Waals surface area contributed by atoms with Gasteiger partial charge in [-0.25, -0.2) is 0 Å². The fourth-order valence-electron chi connectivity index (χ4n) is 4.09. The first-order valence-electron chi connectivity index (χ1n) is 7.98. The Balaban J connectivity index is 1.82. The summed E-state index contributed by atoms with van der Waals surface area (Å²) in [5, 5.41) is 4.84. The second-order valence-corrected chi connectivity index (χ2v) is 8.21. The fraction of sp³-hybridized carbons (Fsp3) is 0.667. The van der Waals surface area contributed by atoms with E-state index in [-0.39, 0.29) is 0 Å². The predicted octanol–water partition coefficient (Wildman–Crippen LogP) is 4.57. The highest BCUT2D eigenvalue weighted by atomic mass is 32.2. The van der Waals surface area contributed by atoms with Gasteiger partial charge in [0, 0.05) is 17.3 Å². The predicted molar refractivity (Wildman–Crippen MR) is 89.4 cm³/mol. The van der Waals surface area contributed by atoms with Crippen molar-refractivity contribution in [2.75, 3.05) is 6.26 Å². The van der Waals surface area contributed by atoms with Crippen molar-refractivity contribution < 1.29 is 0 Å². The summed E-state index contributed by atoms with van der Waals surface area (Å²) in [6, 6.07) is 10.2. The van der Waals surface area contributed by atoms with E-state index in [0.717, 1.165) is 5.25 Å². The minimum absolute atomic E-state index is 0.337. The maximum atomic E-state index is 4.04. The Hall–Kier alpha value is -0.470. The second-order valence-electron chi connectivity index (χ2n) is 7.13. The summed E-state index contributed by atoms with van der Waals surface area (Å²) in [6.45, 7) is 4.84. The molecular weight excluding hydrogens is 262 g/mol. The molecule has 3 rings (SSSR count).